The third kappa shape index (κ3) is 8.19. The molecule has 0 radical (unpaired) electrons. The summed E-state index contributed by atoms with van der Waals surface area (Å²) in [6.45, 7) is 1.52. The molecule has 0 aliphatic heterocycles. The number of hydrogen-bond donors (Lipinski definition) is 1. The number of nitrogens with one attached hydrogen (secondary N) is 1. The van der Waals surface area contributed by atoms with E-state index in [2.05, 4.69) is 5.32 Å². The number of para-hydroxylation sites is 1. The molecule has 4 aromatic carbocycles. The number of nitrogens with zero attached hydrogens (tertiary/aromatic N) is 2. The quantitative estimate of drug-likeness (QED) is 0.201. The molecule has 1 fully saturated rings. The van der Waals surface area contributed by atoms with Crippen LogP contribution in [-0.4, -0.2) is 43.8 Å². The number of hydrogen-bond acceptors (Lipinski definition) is 4. The summed E-state index contributed by atoms with van der Waals surface area (Å²) >= 11 is 0. The molecule has 1 N–H and O–H groups in total. The first-order chi connectivity index (χ1) is 21.8. The molecule has 4 aromatic rings. The zero-order valence-corrected chi connectivity index (χ0v) is 26.5. The fraction of sp³-hybridized carbons (Fsp3) is 0.297. The molecule has 1 atom stereocenters. The average Bonchev–Trinajstić information content (AvgIpc) is 3.07. The third-order valence-electron chi connectivity index (χ3n) is 8.41. The van der Waals surface area contributed by atoms with E-state index in [4.69, 9.17) is 0 Å². The maximum Gasteiger partial charge on any atom is 0.264 e. The van der Waals surface area contributed by atoms with E-state index in [1.54, 1.807) is 35.2 Å². The van der Waals surface area contributed by atoms with Gasteiger partial charge in [0.1, 0.15) is 12.6 Å². The highest BCUT2D eigenvalue weighted by molar-refractivity contribution is 7.92. The first-order valence-corrected chi connectivity index (χ1v) is 17.1. The van der Waals surface area contributed by atoms with Gasteiger partial charge in [-0.15, -0.1) is 0 Å². The number of carbonyl (C=O) groups excluding carboxylic acids is 2. The van der Waals surface area contributed by atoms with Gasteiger partial charge in [-0.1, -0.05) is 116 Å². The largest absolute Gasteiger partial charge is 0.352 e. The van der Waals surface area contributed by atoms with E-state index in [0.29, 0.717) is 12.1 Å². The fourth-order valence-corrected chi connectivity index (χ4v) is 7.45. The molecule has 1 saturated carbocycles. The van der Waals surface area contributed by atoms with Crippen molar-refractivity contribution in [1.82, 2.24) is 10.2 Å². The Morgan fingerprint density at radius 1 is 0.756 bits per heavy atom. The Bertz CT molecular complexity index is 1660. The zero-order valence-electron chi connectivity index (χ0n) is 25.7. The summed E-state index contributed by atoms with van der Waals surface area (Å²) < 4.78 is 29.4. The lowest BCUT2D eigenvalue weighted by atomic mass is 9.94. The zero-order chi connectivity index (χ0) is 31.6. The molecular formula is C37H41N3O4S. The lowest BCUT2D eigenvalue weighted by molar-refractivity contribution is -0.140. The van der Waals surface area contributed by atoms with E-state index < -0.39 is 28.5 Å². The first kappa shape index (κ1) is 32.0. The summed E-state index contributed by atoms with van der Waals surface area (Å²) in [7, 11) is -4.12. The predicted octanol–water partition coefficient (Wildman–Crippen LogP) is 6.28. The molecule has 7 nitrogen and oxygen atoms in total. The average molecular weight is 624 g/mol. The van der Waals surface area contributed by atoms with Crippen LogP contribution in [0.4, 0.5) is 5.69 Å². The van der Waals surface area contributed by atoms with Crippen molar-refractivity contribution in [2.75, 3.05) is 10.8 Å². The Hall–Kier alpha value is -4.43. The predicted molar refractivity (Wildman–Crippen MR) is 178 cm³/mol. The summed E-state index contributed by atoms with van der Waals surface area (Å²) in [5, 5.41) is 3.25. The molecule has 1 unspecified atom stereocenters. The van der Waals surface area contributed by atoms with E-state index in [1.807, 2.05) is 79.7 Å². The smallest absolute Gasteiger partial charge is 0.264 e. The lowest BCUT2D eigenvalue weighted by Gasteiger charge is -2.35. The standard InChI is InChI=1S/C37H41N3O4S/c1-29-16-14-15-25-34(29)40(45(43,44)33-23-12-5-13-24-33)28-36(41)39(27-31-19-8-3-9-20-31)35(26-30-17-6-2-7-18-30)37(42)38-32-21-10-4-11-22-32/h2-3,5-9,12-20,23-25,32,35H,4,10-11,21-22,26-28H2,1H3,(H,38,42). The molecule has 1 aliphatic carbocycles. The van der Waals surface area contributed by atoms with Crippen molar-refractivity contribution in [3.63, 3.8) is 0 Å². The maximum absolute atomic E-state index is 14.6. The van der Waals surface area contributed by atoms with Crippen LogP contribution < -0.4 is 9.62 Å². The number of anilines is 1. The minimum Gasteiger partial charge on any atom is -0.352 e. The van der Waals surface area contributed by atoms with Crippen LogP contribution in [0, 0.1) is 6.92 Å². The van der Waals surface area contributed by atoms with Gasteiger partial charge in [0.05, 0.1) is 10.6 Å². The van der Waals surface area contributed by atoms with Crippen molar-refractivity contribution in [2.45, 2.75) is 69.0 Å². The number of amides is 2. The summed E-state index contributed by atoms with van der Waals surface area (Å²) in [6, 6.07) is 33.7. The molecular weight excluding hydrogens is 582 g/mol. The molecule has 2 amide bonds. The van der Waals surface area contributed by atoms with Crippen LogP contribution in [0.1, 0.15) is 48.8 Å². The second-order valence-electron chi connectivity index (χ2n) is 11.7. The molecule has 0 saturated heterocycles. The van der Waals surface area contributed by atoms with Gasteiger partial charge in [-0.2, -0.15) is 0 Å². The normalized spacial score (nSPS) is 14.3. The van der Waals surface area contributed by atoms with Crippen LogP contribution in [0.5, 0.6) is 0 Å². The van der Waals surface area contributed by atoms with E-state index in [-0.39, 0.29) is 23.4 Å². The van der Waals surface area contributed by atoms with Crippen LogP contribution in [0.25, 0.3) is 0 Å². The minimum absolute atomic E-state index is 0.0557. The number of rotatable bonds is 12. The van der Waals surface area contributed by atoms with Crippen LogP contribution in [0.2, 0.25) is 0 Å². The second kappa shape index (κ2) is 15.0. The van der Waals surface area contributed by atoms with Gasteiger partial charge in [0, 0.05) is 19.0 Å². The van der Waals surface area contributed by atoms with Gasteiger partial charge in [-0.05, 0) is 54.7 Å². The van der Waals surface area contributed by atoms with Crippen molar-refractivity contribution in [2.24, 2.45) is 0 Å². The van der Waals surface area contributed by atoms with Crippen molar-refractivity contribution in [1.29, 1.82) is 0 Å². The van der Waals surface area contributed by atoms with Gasteiger partial charge in [0.25, 0.3) is 10.0 Å². The van der Waals surface area contributed by atoms with Gasteiger partial charge in [0.15, 0.2) is 0 Å². The Morgan fingerprint density at radius 3 is 1.93 bits per heavy atom. The molecule has 1 aliphatic rings. The maximum atomic E-state index is 14.6. The van der Waals surface area contributed by atoms with Crippen LogP contribution >= 0.6 is 0 Å². The topological polar surface area (TPSA) is 86.8 Å². The van der Waals surface area contributed by atoms with E-state index >= 15 is 0 Å². The van der Waals surface area contributed by atoms with Crippen molar-refractivity contribution < 1.29 is 18.0 Å². The molecule has 234 valence electrons. The van der Waals surface area contributed by atoms with Crippen LogP contribution in [0.3, 0.4) is 0 Å². The van der Waals surface area contributed by atoms with Crippen molar-refractivity contribution in [3.8, 4) is 0 Å². The molecule has 8 heteroatoms. The number of sulfonamides is 1. The summed E-state index contributed by atoms with van der Waals surface area (Å²) in [6.07, 6.45) is 5.39. The SMILES string of the molecule is Cc1ccccc1N(CC(=O)N(Cc1ccccc1)C(Cc1ccccc1)C(=O)NC1CCCCC1)S(=O)(=O)c1ccccc1. The van der Waals surface area contributed by atoms with Crippen LogP contribution in [-0.2, 0) is 32.6 Å². The third-order valence-corrected chi connectivity index (χ3v) is 10.2. The summed E-state index contributed by atoms with van der Waals surface area (Å²) in [4.78, 5) is 30.4. The van der Waals surface area contributed by atoms with E-state index in [1.165, 1.54) is 16.4 Å². The molecule has 0 heterocycles. The van der Waals surface area contributed by atoms with Gasteiger partial charge >= 0.3 is 0 Å². The van der Waals surface area contributed by atoms with Gasteiger partial charge < -0.3 is 10.2 Å². The minimum atomic E-state index is -4.12. The summed E-state index contributed by atoms with van der Waals surface area (Å²) in [5.41, 5.74) is 2.90. The van der Waals surface area contributed by atoms with Gasteiger partial charge in [0.2, 0.25) is 11.8 Å². The van der Waals surface area contributed by atoms with Gasteiger partial charge in [-0.3, -0.25) is 13.9 Å². The molecule has 0 spiro atoms. The Labute approximate surface area is 266 Å². The van der Waals surface area contributed by atoms with Gasteiger partial charge in [-0.25, -0.2) is 8.42 Å². The van der Waals surface area contributed by atoms with E-state index in [0.717, 1.165) is 48.8 Å². The highest BCUT2D eigenvalue weighted by Crippen LogP contribution is 2.28. The Kier molecular flexibility index (Phi) is 10.7. The fourth-order valence-electron chi connectivity index (χ4n) is 5.95. The van der Waals surface area contributed by atoms with Crippen molar-refractivity contribution >= 4 is 27.5 Å². The Balaban J connectivity index is 1.55. The van der Waals surface area contributed by atoms with Crippen LogP contribution in [0.15, 0.2) is 120 Å². The first-order valence-electron chi connectivity index (χ1n) is 15.6. The number of carbonyl (C=O) groups is 2. The number of aryl methyl sites for hydroxylation is 1. The molecule has 5 rings (SSSR count). The molecule has 45 heavy (non-hydrogen) atoms. The highest BCUT2D eigenvalue weighted by Gasteiger charge is 2.35. The molecule has 0 aromatic heterocycles. The number of benzene rings is 4. The second-order valence-corrected chi connectivity index (χ2v) is 13.5. The summed E-state index contributed by atoms with van der Waals surface area (Å²) in [5.74, 6) is -0.676. The monoisotopic (exact) mass is 623 g/mol. The lowest BCUT2D eigenvalue weighted by Crippen LogP contribution is -2.55. The Morgan fingerprint density at radius 2 is 1.31 bits per heavy atom. The molecule has 0 bridgehead atoms. The van der Waals surface area contributed by atoms with E-state index in [9.17, 15) is 18.0 Å². The highest BCUT2D eigenvalue weighted by atomic mass is 32.2. The van der Waals surface area contributed by atoms with Crippen molar-refractivity contribution in [3.05, 3.63) is 132 Å².